The second-order valence-corrected chi connectivity index (χ2v) is 7.77. The van der Waals surface area contributed by atoms with Gasteiger partial charge in [0.15, 0.2) is 0 Å². The Morgan fingerprint density at radius 3 is 2.23 bits per heavy atom. The van der Waals surface area contributed by atoms with E-state index in [0.717, 1.165) is 28.9 Å². The largest absolute Gasteiger partial charge is 0.340 e. The fraction of sp³-hybridized carbons (Fsp3) is 0.375. The van der Waals surface area contributed by atoms with Crippen LogP contribution in [0, 0.1) is 0 Å². The summed E-state index contributed by atoms with van der Waals surface area (Å²) >= 11 is 0. The first-order valence-electron chi connectivity index (χ1n) is 10.7. The summed E-state index contributed by atoms with van der Waals surface area (Å²) in [6.07, 6.45) is 1.20. The zero-order valence-electron chi connectivity index (χ0n) is 18.2. The standard InChI is InChI=1S/C24H30N4O3/c1-3-20-6-4-5-7-22(20)26-23(30)17-27-12-14-28(15-13-27)24(31)16-19-8-10-21(11-9-19)25-18(2)29/h4-11H,3,12-17H2,1-2H3,(H,25,29)(H,26,30). The summed E-state index contributed by atoms with van der Waals surface area (Å²) in [5.74, 6) is -0.0712. The molecule has 3 amide bonds. The minimum Gasteiger partial charge on any atom is -0.340 e. The molecule has 164 valence electrons. The molecule has 31 heavy (non-hydrogen) atoms. The summed E-state index contributed by atoms with van der Waals surface area (Å²) in [6, 6.07) is 15.2. The molecule has 2 N–H and O–H groups in total. The highest BCUT2D eigenvalue weighted by atomic mass is 16.2. The van der Waals surface area contributed by atoms with Crippen molar-refractivity contribution in [2.75, 3.05) is 43.4 Å². The fourth-order valence-corrected chi connectivity index (χ4v) is 3.69. The van der Waals surface area contributed by atoms with Crippen LogP contribution in [0.3, 0.4) is 0 Å². The van der Waals surface area contributed by atoms with Crippen LogP contribution in [-0.4, -0.2) is 60.2 Å². The molecule has 0 unspecified atom stereocenters. The van der Waals surface area contributed by atoms with Gasteiger partial charge in [0, 0.05) is 44.5 Å². The van der Waals surface area contributed by atoms with Crippen LogP contribution < -0.4 is 10.6 Å². The van der Waals surface area contributed by atoms with Gasteiger partial charge in [-0.3, -0.25) is 19.3 Å². The highest BCUT2D eigenvalue weighted by Gasteiger charge is 2.22. The van der Waals surface area contributed by atoms with Crippen molar-refractivity contribution in [2.45, 2.75) is 26.7 Å². The monoisotopic (exact) mass is 422 g/mol. The first kappa shape index (κ1) is 22.5. The molecule has 0 aliphatic carbocycles. The summed E-state index contributed by atoms with van der Waals surface area (Å²) in [5.41, 5.74) is 3.62. The Morgan fingerprint density at radius 2 is 1.58 bits per heavy atom. The number of rotatable bonds is 7. The molecule has 0 aromatic heterocycles. The molecule has 2 aromatic rings. The normalized spacial score (nSPS) is 14.2. The van der Waals surface area contributed by atoms with Crippen molar-refractivity contribution in [3.8, 4) is 0 Å². The van der Waals surface area contributed by atoms with E-state index in [9.17, 15) is 14.4 Å². The van der Waals surface area contributed by atoms with Gasteiger partial charge in [-0.25, -0.2) is 0 Å². The van der Waals surface area contributed by atoms with Crippen LogP contribution in [-0.2, 0) is 27.2 Å². The lowest BCUT2D eigenvalue weighted by Gasteiger charge is -2.34. The van der Waals surface area contributed by atoms with E-state index < -0.39 is 0 Å². The molecule has 0 atom stereocenters. The molecule has 7 nitrogen and oxygen atoms in total. The first-order chi connectivity index (χ1) is 14.9. The van der Waals surface area contributed by atoms with Crippen molar-refractivity contribution < 1.29 is 14.4 Å². The van der Waals surface area contributed by atoms with Crippen molar-refractivity contribution in [2.24, 2.45) is 0 Å². The molecule has 1 saturated heterocycles. The highest BCUT2D eigenvalue weighted by molar-refractivity contribution is 5.93. The first-order valence-corrected chi connectivity index (χ1v) is 10.7. The fourth-order valence-electron chi connectivity index (χ4n) is 3.69. The molecular weight excluding hydrogens is 392 g/mol. The van der Waals surface area contributed by atoms with Gasteiger partial charge in [-0.1, -0.05) is 37.3 Å². The average molecular weight is 423 g/mol. The summed E-state index contributed by atoms with van der Waals surface area (Å²) < 4.78 is 0. The van der Waals surface area contributed by atoms with Crippen molar-refractivity contribution in [3.63, 3.8) is 0 Å². The number of nitrogens with one attached hydrogen (secondary N) is 2. The number of anilines is 2. The van der Waals surface area contributed by atoms with Crippen LogP contribution in [0.2, 0.25) is 0 Å². The van der Waals surface area contributed by atoms with Crippen LogP contribution in [0.1, 0.15) is 25.0 Å². The van der Waals surface area contributed by atoms with Gasteiger partial charge in [0.25, 0.3) is 0 Å². The summed E-state index contributed by atoms with van der Waals surface area (Å²) in [7, 11) is 0. The number of aryl methyl sites for hydroxylation is 1. The van der Waals surface area contributed by atoms with E-state index in [4.69, 9.17) is 0 Å². The molecule has 2 aromatic carbocycles. The molecule has 0 radical (unpaired) electrons. The van der Waals surface area contributed by atoms with E-state index >= 15 is 0 Å². The predicted octanol–water partition coefficient (Wildman–Crippen LogP) is 2.53. The highest BCUT2D eigenvalue weighted by Crippen LogP contribution is 2.16. The molecule has 1 aliphatic heterocycles. The molecule has 0 saturated carbocycles. The molecule has 0 spiro atoms. The Balaban J connectivity index is 1.44. The lowest BCUT2D eigenvalue weighted by molar-refractivity contribution is -0.132. The molecule has 7 heteroatoms. The van der Waals surface area contributed by atoms with E-state index in [-0.39, 0.29) is 17.7 Å². The second-order valence-electron chi connectivity index (χ2n) is 7.77. The third kappa shape index (κ3) is 6.65. The predicted molar refractivity (Wildman–Crippen MR) is 122 cm³/mol. The van der Waals surface area contributed by atoms with E-state index in [1.54, 1.807) is 12.1 Å². The van der Waals surface area contributed by atoms with Gasteiger partial charge in [-0.2, -0.15) is 0 Å². The number of amides is 3. The van der Waals surface area contributed by atoms with Crippen molar-refractivity contribution in [3.05, 3.63) is 59.7 Å². The molecule has 1 aliphatic rings. The van der Waals surface area contributed by atoms with E-state index in [2.05, 4.69) is 22.5 Å². The van der Waals surface area contributed by atoms with Crippen molar-refractivity contribution >= 4 is 29.1 Å². The third-order valence-electron chi connectivity index (χ3n) is 5.39. The Kier molecular flexibility index (Phi) is 7.78. The molecular formula is C24H30N4O3. The van der Waals surface area contributed by atoms with Crippen LogP contribution in [0.25, 0.3) is 0 Å². The van der Waals surface area contributed by atoms with Gasteiger partial charge in [0.2, 0.25) is 17.7 Å². The maximum absolute atomic E-state index is 12.6. The van der Waals surface area contributed by atoms with E-state index in [1.807, 2.05) is 41.3 Å². The van der Waals surface area contributed by atoms with E-state index in [1.165, 1.54) is 6.92 Å². The number of piperazine rings is 1. The van der Waals surface area contributed by atoms with Gasteiger partial charge < -0.3 is 15.5 Å². The zero-order valence-corrected chi connectivity index (χ0v) is 18.2. The van der Waals surface area contributed by atoms with Crippen LogP contribution in [0.4, 0.5) is 11.4 Å². The SMILES string of the molecule is CCc1ccccc1NC(=O)CN1CCN(C(=O)Cc2ccc(NC(C)=O)cc2)CC1. The zero-order chi connectivity index (χ0) is 22.2. The Hall–Kier alpha value is -3.19. The second kappa shape index (κ2) is 10.7. The number of nitrogens with zero attached hydrogens (tertiary/aromatic N) is 2. The smallest absolute Gasteiger partial charge is 0.238 e. The summed E-state index contributed by atoms with van der Waals surface area (Å²) in [6.45, 7) is 6.43. The number of carbonyl (C=O) groups excluding carboxylic acids is 3. The number of carbonyl (C=O) groups is 3. The Labute approximate surface area is 183 Å². The van der Waals surface area contributed by atoms with Gasteiger partial charge in [0.05, 0.1) is 13.0 Å². The number of para-hydroxylation sites is 1. The molecule has 0 bridgehead atoms. The maximum atomic E-state index is 12.6. The van der Waals surface area contributed by atoms with Gasteiger partial charge in [-0.15, -0.1) is 0 Å². The van der Waals surface area contributed by atoms with E-state index in [0.29, 0.717) is 39.1 Å². The van der Waals surface area contributed by atoms with Crippen molar-refractivity contribution in [1.82, 2.24) is 9.80 Å². The van der Waals surface area contributed by atoms with Gasteiger partial charge in [-0.05, 0) is 35.7 Å². The van der Waals surface area contributed by atoms with Gasteiger partial charge in [0.1, 0.15) is 0 Å². The quantitative estimate of drug-likeness (QED) is 0.719. The van der Waals surface area contributed by atoms with Gasteiger partial charge >= 0.3 is 0 Å². The molecule has 3 rings (SSSR count). The summed E-state index contributed by atoms with van der Waals surface area (Å²) in [5, 5.41) is 5.72. The number of hydrogen-bond donors (Lipinski definition) is 2. The Morgan fingerprint density at radius 1 is 0.903 bits per heavy atom. The number of hydrogen-bond acceptors (Lipinski definition) is 4. The third-order valence-corrected chi connectivity index (χ3v) is 5.39. The maximum Gasteiger partial charge on any atom is 0.238 e. The van der Waals surface area contributed by atoms with Crippen LogP contribution in [0.15, 0.2) is 48.5 Å². The minimum absolute atomic E-state index is 0.0278. The van der Waals surface area contributed by atoms with Crippen LogP contribution >= 0.6 is 0 Å². The lowest BCUT2D eigenvalue weighted by Crippen LogP contribution is -2.50. The van der Waals surface area contributed by atoms with Crippen molar-refractivity contribution in [1.29, 1.82) is 0 Å². The Bertz CT molecular complexity index is 919. The molecule has 1 fully saturated rings. The lowest BCUT2D eigenvalue weighted by atomic mass is 10.1. The average Bonchev–Trinajstić information content (AvgIpc) is 2.75. The molecule has 1 heterocycles. The summed E-state index contributed by atoms with van der Waals surface area (Å²) in [4.78, 5) is 40.1. The minimum atomic E-state index is -0.120. The topological polar surface area (TPSA) is 81.8 Å². The van der Waals surface area contributed by atoms with Crippen LogP contribution in [0.5, 0.6) is 0 Å². The number of benzene rings is 2.